The third-order valence-corrected chi connectivity index (χ3v) is 3.77. The monoisotopic (exact) mass is 321 g/mol. The topological polar surface area (TPSA) is 66.4 Å². The molecule has 6 heteroatoms. The van der Waals surface area contributed by atoms with Gasteiger partial charge in [-0.1, -0.05) is 47.6 Å². The highest BCUT2D eigenvalue weighted by molar-refractivity contribution is 8.13. The molecular formula is C15H12ClNO3S. The summed E-state index contributed by atoms with van der Waals surface area (Å²) in [5, 5.41) is 12.0. The molecule has 0 aliphatic rings. The molecule has 0 aliphatic carbocycles. The molecule has 2 rings (SSSR count). The Hall–Kier alpha value is -1.98. The lowest BCUT2D eigenvalue weighted by Crippen LogP contribution is -2.10. The van der Waals surface area contributed by atoms with E-state index in [4.69, 9.17) is 16.7 Å². The van der Waals surface area contributed by atoms with Gasteiger partial charge in [0.1, 0.15) is 0 Å². The second-order valence-electron chi connectivity index (χ2n) is 4.18. The van der Waals surface area contributed by atoms with Crippen molar-refractivity contribution in [3.63, 3.8) is 0 Å². The number of aromatic carboxylic acids is 1. The number of hydrogen-bond acceptors (Lipinski definition) is 3. The number of benzene rings is 2. The van der Waals surface area contributed by atoms with E-state index in [-0.39, 0.29) is 10.8 Å². The Labute approximate surface area is 131 Å². The molecule has 0 spiro atoms. The molecule has 0 radical (unpaired) electrons. The molecule has 0 saturated carbocycles. The van der Waals surface area contributed by atoms with Gasteiger partial charge in [-0.05, 0) is 29.8 Å². The van der Waals surface area contributed by atoms with E-state index in [1.807, 2.05) is 12.1 Å². The van der Waals surface area contributed by atoms with Crippen LogP contribution in [0.3, 0.4) is 0 Å². The Balaban J connectivity index is 1.96. The van der Waals surface area contributed by atoms with Crippen molar-refractivity contribution >= 4 is 40.3 Å². The SMILES string of the molecule is O=C(Nc1ccccc1C(=O)O)SCc1ccc(Cl)cc1. The molecule has 0 heterocycles. The van der Waals surface area contributed by atoms with Gasteiger partial charge in [-0.3, -0.25) is 4.79 Å². The number of amides is 1. The Morgan fingerprint density at radius 2 is 1.76 bits per heavy atom. The van der Waals surface area contributed by atoms with Crippen LogP contribution in [-0.4, -0.2) is 16.3 Å². The van der Waals surface area contributed by atoms with Crippen LogP contribution in [0.1, 0.15) is 15.9 Å². The molecule has 4 nitrogen and oxygen atoms in total. The standard InChI is InChI=1S/C15H12ClNO3S/c16-11-7-5-10(6-8-11)9-21-15(20)17-13-4-2-1-3-12(13)14(18)19/h1-8H,9H2,(H,17,20)(H,18,19). The van der Waals surface area contributed by atoms with Gasteiger partial charge in [0.25, 0.3) is 5.24 Å². The maximum Gasteiger partial charge on any atom is 0.337 e. The first-order valence-electron chi connectivity index (χ1n) is 6.07. The first-order chi connectivity index (χ1) is 10.1. The van der Waals surface area contributed by atoms with Crippen LogP contribution < -0.4 is 5.32 Å². The smallest absolute Gasteiger partial charge is 0.337 e. The number of hydrogen-bond donors (Lipinski definition) is 2. The third-order valence-electron chi connectivity index (χ3n) is 2.68. The van der Waals surface area contributed by atoms with Crippen LogP contribution in [0.5, 0.6) is 0 Å². The summed E-state index contributed by atoms with van der Waals surface area (Å²) in [7, 11) is 0. The highest BCUT2D eigenvalue weighted by atomic mass is 35.5. The van der Waals surface area contributed by atoms with E-state index >= 15 is 0 Å². The van der Waals surface area contributed by atoms with Crippen molar-refractivity contribution in [2.75, 3.05) is 5.32 Å². The van der Waals surface area contributed by atoms with E-state index in [1.54, 1.807) is 30.3 Å². The van der Waals surface area contributed by atoms with Crippen molar-refractivity contribution < 1.29 is 14.7 Å². The minimum Gasteiger partial charge on any atom is -0.478 e. The molecule has 0 aromatic heterocycles. The molecule has 2 aromatic carbocycles. The number of nitrogens with one attached hydrogen (secondary N) is 1. The van der Waals surface area contributed by atoms with Crippen LogP contribution >= 0.6 is 23.4 Å². The number of carbonyl (C=O) groups excluding carboxylic acids is 1. The first-order valence-corrected chi connectivity index (χ1v) is 7.43. The summed E-state index contributed by atoms with van der Waals surface area (Å²) in [6.45, 7) is 0. The molecular weight excluding hydrogens is 310 g/mol. The summed E-state index contributed by atoms with van der Waals surface area (Å²) < 4.78 is 0. The minimum atomic E-state index is -1.08. The number of halogens is 1. The van der Waals surface area contributed by atoms with Crippen molar-refractivity contribution in [2.24, 2.45) is 0 Å². The van der Waals surface area contributed by atoms with Gasteiger partial charge in [-0.2, -0.15) is 0 Å². The average molecular weight is 322 g/mol. The van der Waals surface area contributed by atoms with E-state index in [0.29, 0.717) is 16.5 Å². The quantitative estimate of drug-likeness (QED) is 0.869. The van der Waals surface area contributed by atoms with Gasteiger partial charge in [0.05, 0.1) is 11.3 Å². The second kappa shape index (κ2) is 7.15. The Kier molecular flexibility index (Phi) is 5.25. The lowest BCUT2D eigenvalue weighted by molar-refractivity contribution is 0.0698. The van der Waals surface area contributed by atoms with Gasteiger partial charge in [-0.15, -0.1) is 0 Å². The van der Waals surface area contributed by atoms with Crippen LogP contribution in [0.2, 0.25) is 5.02 Å². The molecule has 2 N–H and O–H groups in total. The highest BCUT2D eigenvalue weighted by Crippen LogP contribution is 2.20. The molecule has 108 valence electrons. The average Bonchev–Trinajstić information content (AvgIpc) is 2.47. The molecule has 1 amide bonds. The minimum absolute atomic E-state index is 0.0675. The zero-order valence-corrected chi connectivity index (χ0v) is 12.4. The fourth-order valence-corrected chi connectivity index (χ4v) is 2.45. The maximum absolute atomic E-state index is 11.9. The number of carboxylic acids is 1. The molecule has 0 unspecified atom stereocenters. The van der Waals surface area contributed by atoms with E-state index in [0.717, 1.165) is 17.3 Å². The summed E-state index contributed by atoms with van der Waals surface area (Å²) in [5.41, 5.74) is 1.32. The van der Waals surface area contributed by atoms with Crippen molar-refractivity contribution in [3.05, 3.63) is 64.7 Å². The molecule has 0 fully saturated rings. The lowest BCUT2D eigenvalue weighted by atomic mass is 10.2. The lowest BCUT2D eigenvalue weighted by Gasteiger charge is -2.07. The molecule has 0 atom stereocenters. The van der Waals surface area contributed by atoms with Crippen LogP contribution in [-0.2, 0) is 5.75 Å². The summed E-state index contributed by atoms with van der Waals surface area (Å²) >= 11 is 6.85. The molecule has 0 saturated heterocycles. The first kappa shape index (κ1) is 15.4. The van der Waals surface area contributed by atoms with Crippen molar-refractivity contribution in [1.82, 2.24) is 0 Å². The van der Waals surface area contributed by atoms with E-state index in [1.165, 1.54) is 6.07 Å². The summed E-state index contributed by atoms with van der Waals surface area (Å²) in [5.74, 6) is -0.591. The van der Waals surface area contributed by atoms with Gasteiger partial charge in [-0.25, -0.2) is 4.79 Å². The zero-order valence-electron chi connectivity index (χ0n) is 10.9. The predicted molar refractivity (Wildman–Crippen MR) is 85.2 cm³/mol. The Bertz CT molecular complexity index is 658. The van der Waals surface area contributed by atoms with E-state index in [2.05, 4.69) is 5.32 Å². The van der Waals surface area contributed by atoms with Gasteiger partial charge in [0.15, 0.2) is 0 Å². The normalized spacial score (nSPS) is 10.1. The zero-order chi connectivity index (χ0) is 15.2. The van der Waals surface area contributed by atoms with Gasteiger partial charge < -0.3 is 10.4 Å². The fourth-order valence-electron chi connectivity index (χ4n) is 1.65. The number of carbonyl (C=O) groups is 2. The van der Waals surface area contributed by atoms with Crippen molar-refractivity contribution in [3.8, 4) is 0 Å². The van der Waals surface area contributed by atoms with E-state index < -0.39 is 5.97 Å². The summed E-state index contributed by atoms with van der Waals surface area (Å²) in [6.07, 6.45) is 0. The molecule has 21 heavy (non-hydrogen) atoms. The van der Waals surface area contributed by atoms with Crippen LogP contribution in [0.25, 0.3) is 0 Å². The Morgan fingerprint density at radius 1 is 1.10 bits per heavy atom. The number of para-hydroxylation sites is 1. The van der Waals surface area contributed by atoms with Gasteiger partial charge in [0.2, 0.25) is 0 Å². The Morgan fingerprint density at radius 3 is 2.43 bits per heavy atom. The van der Waals surface area contributed by atoms with Gasteiger partial charge >= 0.3 is 5.97 Å². The summed E-state index contributed by atoms with van der Waals surface area (Å²) in [4.78, 5) is 22.9. The maximum atomic E-state index is 11.9. The van der Waals surface area contributed by atoms with Crippen LogP contribution in [0, 0.1) is 0 Å². The number of thioether (sulfide) groups is 1. The molecule has 0 bridgehead atoms. The second-order valence-corrected chi connectivity index (χ2v) is 5.56. The molecule has 2 aromatic rings. The van der Waals surface area contributed by atoms with Gasteiger partial charge in [0, 0.05) is 10.8 Å². The third kappa shape index (κ3) is 4.51. The largest absolute Gasteiger partial charge is 0.478 e. The summed E-state index contributed by atoms with van der Waals surface area (Å²) in [6, 6.07) is 13.5. The fraction of sp³-hybridized carbons (Fsp3) is 0.0667. The number of carboxylic acid groups (broad SMARTS) is 1. The van der Waals surface area contributed by atoms with Crippen molar-refractivity contribution in [2.45, 2.75) is 5.75 Å². The molecule has 0 aliphatic heterocycles. The van der Waals surface area contributed by atoms with Crippen LogP contribution in [0.15, 0.2) is 48.5 Å². The van der Waals surface area contributed by atoms with Crippen LogP contribution in [0.4, 0.5) is 10.5 Å². The number of anilines is 1. The predicted octanol–water partition coefficient (Wildman–Crippen LogP) is 4.50. The number of rotatable bonds is 4. The van der Waals surface area contributed by atoms with Crippen molar-refractivity contribution in [1.29, 1.82) is 0 Å². The highest BCUT2D eigenvalue weighted by Gasteiger charge is 2.11. The van der Waals surface area contributed by atoms with E-state index in [9.17, 15) is 9.59 Å².